The highest BCUT2D eigenvalue weighted by Gasteiger charge is 2.08. The van der Waals surface area contributed by atoms with E-state index in [-0.39, 0.29) is 0 Å². The molecule has 92 valence electrons. The molecule has 0 aliphatic rings. The molecule has 0 radical (unpaired) electrons. The van der Waals surface area contributed by atoms with Crippen molar-refractivity contribution in [3.05, 3.63) is 41.5 Å². The fourth-order valence-corrected chi connectivity index (χ4v) is 1.63. The van der Waals surface area contributed by atoms with Crippen molar-refractivity contribution in [3.63, 3.8) is 0 Å². The second-order valence-electron chi connectivity index (χ2n) is 3.85. The average Bonchev–Trinajstić information content (AvgIpc) is 2.39. The van der Waals surface area contributed by atoms with Crippen LogP contribution >= 0.6 is 0 Å². The van der Waals surface area contributed by atoms with Crippen LogP contribution in [0.5, 0.6) is 5.88 Å². The Labute approximate surface area is 105 Å². The molecule has 5 heteroatoms. The maximum Gasteiger partial charge on any atom is 0.248 e. The zero-order chi connectivity index (χ0) is 13.1. The van der Waals surface area contributed by atoms with Crippen LogP contribution in [0.3, 0.4) is 0 Å². The number of amides is 1. The van der Waals surface area contributed by atoms with Gasteiger partial charge in [0.15, 0.2) is 0 Å². The van der Waals surface area contributed by atoms with Gasteiger partial charge in [-0.2, -0.15) is 0 Å². The van der Waals surface area contributed by atoms with Gasteiger partial charge in [0, 0.05) is 17.2 Å². The lowest BCUT2D eigenvalue weighted by Crippen LogP contribution is -2.12. The zero-order valence-electron chi connectivity index (χ0n) is 10.2. The standard InChI is InChI=1S/C13H13N3O2/c1-8-3-4-9(7-10(8)13(14)17)11-5-6-12(18-2)16-15-11/h3-7H,1-2H3,(H2,14,17). The van der Waals surface area contributed by atoms with Crippen LogP contribution in [0.1, 0.15) is 15.9 Å². The number of carbonyl (C=O) groups excluding carboxylic acids is 1. The smallest absolute Gasteiger partial charge is 0.248 e. The van der Waals surface area contributed by atoms with Gasteiger partial charge in [0.25, 0.3) is 0 Å². The quantitative estimate of drug-likeness (QED) is 0.887. The number of hydrogen-bond donors (Lipinski definition) is 1. The van der Waals surface area contributed by atoms with Gasteiger partial charge in [-0.05, 0) is 24.6 Å². The van der Waals surface area contributed by atoms with Gasteiger partial charge in [0.1, 0.15) is 0 Å². The summed E-state index contributed by atoms with van der Waals surface area (Å²) in [4.78, 5) is 11.3. The molecule has 1 aromatic heterocycles. The number of primary amides is 1. The Balaban J connectivity index is 2.44. The number of nitrogens with two attached hydrogens (primary N) is 1. The van der Waals surface area contributed by atoms with Crippen LogP contribution in [0.15, 0.2) is 30.3 Å². The van der Waals surface area contributed by atoms with Crippen molar-refractivity contribution in [2.75, 3.05) is 7.11 Å². The van der Waals surface area contributed by atoms with Crippen molar-refractivity contribution in [2.24, 2.45) is 5.73 Å². The third-order valence-corrected chi connectivity index (χ3v) is 2.65. The van der Waals surface area contributed by atoms with Gasteiger partial charge < -0.3 is 10.5 Å². The third kappa shape index (κ3) is 2.29. The molecule has 0 aliphatic heterocycles. The Morgan fingerprint density at radius 2 is 2.00 bits per heavy atom. The van der Waals surface area contributed by atoms with Crippen LogP contribution in [0.2, 0.25) is 0 Å². The fraction of sp³-hybridized carbons (Fsp3) is 0.154. The van der Waals surface area contributed by atoms with Crippen molar-refractivity contribution >= 4 is 5.91 Å². The lowest BCUT2D eigenvalue weighted by Gasteiger charge is -2.05. The van der Waals surface area contributed by atoms with E-state index in [1.807, 2.05) is 19.1 Å². The molecular weight excluding hydrogens is 230 g/mol. The lowest BCUT2D eigenvalue weighted by molar-refractivity contribution is 0.1000. The molecule has 1 amide bonds. The van der Waals surface area contributed by atoms with Gasteiger partial charge in [-0.15, -0.1) is 10.2 Å². The van der Waals surface area contributed by atoms with Crippen LogP contribution < -0.4 is 10.5 Å². The van der Waals surface area contributed by atoms with Crippen molar-refractivity contribution in [3.8, 4) is 17.1 Å². The third-order valence-electron chi connectivity index (χ3n) is 2.65. The van der Waals surface area contributed by atoms with Gasteiger partial charge in [0.05, 0.1) is 12.8 Å². The molecule has 0 spiro atoms. The van der Waals surface area contributed by atoms with Gasteiger partial charge in [0.2, 0.25) is 11.8 Å². The Morgan fingerprint density at radius 1 is 1.22 bits per heavy atom. The molecule has 0 aliphatic carbocycles. The average molecular weight is 243 g/mol. The minimum atomic E-state index is -0.448. The van der Waals surface area contributed by atoms with Crippen LogP contribution in [-0.2, 0) is 0 Å². The molecule has 1 heterocycles. The van der Waals surface area contributed by atoms with E-state index in [0.29, 0.717) is 17.1 Å². The maximum atomic E-state index is 11.3. The molecule has 0 saturated carbocycles. The number of methoxy groups -OCH3 is 1. The number of nitrogens with zero attached hydrogens (tertiary/aromatic N) is 2. The highest BCUT2D eigenvalue weighted by atomic mass is 16.5. The summed E-state index contributed by atoms with van der Waals surface area (Å²) >= 11 is 0. The fourth-order valence-electron chi connectivity index (χ4n) is 1.63. The van der Waals surface area contributed by atoms with E-state index in [9.17, 15) is 4.79 Å². The van der Waals surface area contributed by atoms with Gasteiger partial charge >= 0.3 is 0 Å². The normalized spacial score (nSPS) is 10.1. The molecule has 0 unspecified atom stereocenters. The molecule has 0 fully saturated rings. The predicted molar refractivity (Wildman–Crippen MR) is 67.3 cm³/mol. The van der Waals surface area contributed by atoms with Crippen molar-refractivity contribution in [1.82, 2.24) is 10.2 Å². The first kappa shape index (κ1) is 12.0. The molecule has 0 bridgehead atoms. The van der Waals surface area contributed by atoms with Gasteiger partial charge in [-0.3, -0.25) is 4.79 Å². The second-order valence-corrected chi connectivity index (χ2v) is 3.85. The zero-order valence-corrected chi connectivity index (χ0v) is 10.2. The Kier molecular flexibility index (Phi) is 3.23. The number of rotatable bonds is 3. The number of aryl methyl sites for hydroxylation is 1. The first-order valence-corrected chi connectivity index (χ1v) is 5.40. The number of aromatic nitrogens is 2. The number of carbonyl (C=O) groups is 1. The SMILES string of the molecule is COc1ccc(-c2ccc(C)c(C(N)=O)c2)nn1. The summed E-state index contributed by atoms with van der Waals surface area (Å²) in [5.74, 6) is -0.00296. The summed E-state index contributed by atoms with van der Waals surface area (Å²) in [6, 6.07) is 8.92. The van der Waals surface area contributed by atoms with Gasteiger partial charge in [-0.1, -0.05) is 12.1 Å². The Bertz CT molecular complexity index is 579. The molecule has 2 rings (SSSR count). The summed E-state index contributed by atoms with van der Waals surface area (Å²) in [6.45, 7) is 1.84. The highest BCUT2D eigenvalue weighted by Crippen LogP contribution is 2.21. The molecular formula is C13H13N3O2. The summed E-state index contributed by atoms with van der Waals surface area (Å²) in [6.07, 6.45) is 0. The predicted octanol–water partition coefficient (Wildman–Crippen LogP) is 1.56. The molecule has 2 aromatic rings. The van der Waals surface area contributed by atoms with Crippen LogP contribution in [-0.4, -0.2) is 23.2 Å². The Morgan fingerprint density at radius 3 is 2.56 bits per heavy atom. The second kappa shape index (κ2) is 4.83. The largest absolute Gasteiger partial charge is 0.480 e. The summed E-state index contributed by atoms with van der Waals surface area (Å²) < 4.78 is 4.94. The monoisotopic (exact) mass is 243 g/mol. The first-order chi connectivity index (χ1) is 8.61. The minimum Gasteiger partial charge on any atom is -0.480 e. The summed E-state index contributed by atoms with van der Waals surface area (Å²) in [5.41, 5.74) is 8.10. The topological polar surface area (TPSA) is 78.1 Å². The van der Waals surface area contributed by atoms with Crippen molar-refractivity contribution in [2.45, 2.75) is 6.92 Å². The van der Waals surface area contributed by atoms with E-state index in [0.717, 1.165) is 11.1 Å². The first-order valence-electron chi connectivity index (χ1n) is 5.40. The molecule has 1 aromatic carbocycles. The number of benzene rings is 1. The van der Waals surface area contributed by atoms with Crippen LogP contribution in [0.25, 0.3) is 11.3 Å². The molecule has 2 N–H and O–H groups in total. The number of ether oxygens (including phenoxy) is 1. The summed E-state index contributed by atoms with van der Waals surface area (Å²) in [7, 11) is 1.53. The molecule has 5 nitrogen and oxygen atoms in total. The lowest BCUT2D eigenvalue weighted by atomic mass is 10.0. The van der Waals surface area contributed by atoms with E-state index < -0.39 is 5.91 Å². The summed E-state index contributed by atoms with van der Waals surface area (Å²) in [5, 5.41) is 7.90. The van der Waals surface area contributed by atoms with E-state index >= 15 is 0 Å². The number of hydrogen-bond acceptors (Lipinski definition) is 4. The van der Waals surface area contributed by atoms with Crippen molar-refractivity contribution in [1.29, 1.82) is 0 Å². The van der Waals surface area contributed by atoms with E-state index in [1.54, 1.807) is 18.2 Å². The van der Waals surface area contributed by atoms with E-state index in [1.165, 1.54) is 7.11 Å². The van der Waals surface area contributed by atoms with E-state index in [2.05, 4.69) is 10.2 Å². The maximum absolute atomic E-state index is 11.3. The van der Waals surface area contributed by atoms with Crippen LogP contribution in [0, 0.1) is 6.92 Å². The molecule has 18 heavy (non-hydrogen) atoms. The Hall–Kier alpha value is -2.43. The minimum absolute atomic E-state index is 0.445. The van der Waals surface area contributed by atoms with Crippen molar-refractivity contribution < 1.29 is 9.53 Å². The van der Waals surface area contributed by atoms with Gasteiger partial charge in [-0.25, -0.2) is 0 Å². The highest BCUT2D eigenvalue weighted by molar-refractivity contribution is 5.95. The van der Waals surface area contributed by atoms with Crippen LogP contribution in [0.4, 0.5) is 0 Å². The molecule has 0 atom stereocenters. The van der Waals surface area contributed by atoms with E-state index in [4.69, 9.17) is 10.5 Å². The molecule has 0 saturated heterocycles.